The van der Waals surface area contributed by atoms with E-state index in [9.17, 15) is 9.18 Å². The van der Waals surface area contributed by atoms with Gasteiger partial charge in [0, 0.05) is 48.5 Å². The second-order valence-corrected chi connectivity index (χ2v) is 10.3. The smallest absolute Gasteiger partial charge is 0.411 e. The van der Waals surface area contributed by atoms with E-state index < -0.39 is 12.2 Å². The van der Waals surface area contributed by atoms with Gasteiger partial charge >= 0.3 is 6.09 Å². The molecule has 2 heterocycles. The Bertz CT molecular complexity index is 1460. The summed E-state index contributed by atoms with van der Waals surface area (Å²) in [5.74, 6) is 0.247. The molecule has 1 fully saturated rings. The molecule has 202 valence electrons. The summed E-state index contributed by atoms with van der Waals surface area (Å²) in [6.45, 7) is 3.91. The van der Waals surface area contributed by atoms with Crippen LogP contribution in [0.2, 0.25) is 0 Å². The van der Waals surface area contributed by atoms with Gasteiger partial charge in [-0.3, -0.25) is 15.6 Å². The number of amides is 1. The fourth-order valence-electron chi connectivity index (χ4n) is 4.51. The van der Waals surface area contributed by atoms with Gasteiger partial charge in [0.05, 0.1) is 4.88 Å². The zero-order valence-corrected chi connectivity index (χ0v) is 22.1. The quantitative estimate of drug-likeness (QED) is 0.171. The Morgan fingerprint density at radius 3 is 2.67 bits per heavy atom. The number of ether oxygens (including phenoxy) is 2. The van der Waals surface area contributed by atoms with E-state index >= 15 is 0 Å². The van der Waals surface area contributed by atoms with Crippen molar-refractivity contribution >= 4 is 39.0 Å². The second kappa shape index (κ2) is 12.2. The van der Waals surface area contributed by atoms with Crippen molar-refractivity contribution in [2.24, 2.45) is 5.73 Å². The maximum absolute atomic E-state index is 14.0. The standard InChI is InChI=1S/C29H30FN5O3S/c30-21-9-10-23(20(15-21)17-35-13-11-33-12-14-35)34-29(36)37-18-25(19-5-2-1-3-6-19)38-24-7-4-8-26-22(24)16-27(39-26)28(31)32/h1-10,15-16,25,33H,11-14,17-18H2,(H3,31,32)(H,34,36). The number of rotatable bonds is 9. The first-order valence-electron chi connectivity index (χ1n) is 12.7. The van der Waals surface area contributed by atoms with Crippen molar-refractivity contribution in [3.8, 4) is 5.75 Å². The van der Waals surface area contributed by atoms with Crippen LogP contribution in [0, 0.1) is 11.2 Å². The maximum Gasteiger partial charge on any atom is 0.411 e. The van der Waals surface area contributed by atoms with Crippen molar-refractivity contribution in [3.63, 3.8) is 0 Å². The van der Waals surface area contributed by atoms with Gasteiger partial charge in [-0.1, -0.05) is 36.4 Å². The monoisotopic (exact) mass is 547 g/mol. The minimum absolute atomic E-state index is 0.00104. The van der Waals surface area contributed by atoms with Gasteiger partial charge < -0.3 is 20.5 Å². The molecule has 1 aromatic heterocycles. The number of amidine groups is 1. The molecule has 1 aliphatic heterocycles. The van der Waals surface area contributed by atoms with Gasteiger partial charge in [0.15, 0.2) is 6.10 Å². The third-order valence-electron chi connectivity index (χ3n) is 6.50. The van der Waals surface area contributed by atoms with Crippen LogP contribution in [0.1, 0.15) is 22.1 Å². The summed E-state index contributed by atoms with van der Waals surface area (Å²) in [7, 11) is 0. The third-order valence-corrected chi connectivity index (χ3v) is 7.63. The fourth-order valence-corrected chi connectivity index (χ4v) is 5.45. The lowest BCUT2D eigenvalue weighted by Gasteiger charge is -2.28. The molecule has 0 saturated carbocycles. The average Bonchev–Trinajstić information content (AvgIpc) is 3.39. The molecule has 0 bridgehead atoms. The molecule has 0 aliphatic carbocycles. The molecular formula is C29H30FN5O3S. The molecule has 1 amide bonds. The van der Waals surface area contributed by atoms with E-state index in [-0.39, 0.29) is 18.3 Å². The number of carbonyl (C=O) groups excluding carboxylic acids is 1. The van der Waals surface area contributed by atoms with Crippen molar-refractivity contribution in [1.82, 2.24) is 10.2 Å². The summed E-state index contributed by atoms with van der Waals surface area (Å²) in [6.07, 6.45) is -1.24. The maximum atomic E-state index is 14.0. The van der Waals surface area contributed by atoms with Crippen LogP contribution in [0.4, 0.5) is 14.9 Å². The first-order valence-corrected chi connectivity index (χ1v) is 13.5. The summed E-state index contributed by atoms with van der Waals surface area (Å²) in [4.78, 5) is 15.7. The van der Waals surface area contributed by atoms with Crippen LogP contribution in [0.15, 0.2) is 72.8 Å². The Morgan fingerprint density at radius 2 is 1.90 bits per heavy atom. The van der Waals surface area contributed by atoms with Crippen molar-refractivity contribution < 1.29 is 18.7 Å². The Hall–Kier alpha value is -3.99. The topological polar surface area (TPSA) is 113 Å². The number of hydrogen-bond acceptors (Lipinski definition) is 7. The Labute approximate surface area is 230 Å². The van der Waals surface area contributed by atoms with Crippen LogP contribution in [0.25, 0.3) is 10.1 Å². The van der Waals surface area contributed by atoms with Crippen molar-refractivity contribution in [1.29, 1.82) is 5.41 Å². The van der Waals surface area contributed by atoms with E-state index in [1.807, 2.05) is 54.6 Å². The average molecular weight is 548 g/mol. The van der Waals surface area contributed by atoms with E-state index in [4.69, 9.17) is 20.6 Å². The number of piperazine rings is 1. The van der Waals surface area contributed by atoms with E-state index in [0.717, 1.165) is 41.8 Å². The number of anilines is 1. The predicted octanol–water partition coefficient (Wildman–Crippen LogP) is 5.10. The second-order valence-electron chi connectivity index (χ2n) is 9.26. The minimum Gasteiger partial charge on any atom is -0.481 e. The molecule has 5 N–H and O–H groups in total. The Kier molecular flexibility index (Phi) is 8.36. The number of nitrogens with one attached hydrogen (secondary N) is 3. The van der Waals surface area contributed by atoms with Gasteiger partial charge in [-0.15, -0.1) is 11.3 Å². The highest BCUT2D eigenvalue weighted by molar-refractivity contribution is 7.20. The predicted molar refractivity (Wildman–Crippen MR) is 152 cm³/mol. The fraction of sp³-hybridized carbons (Fsp3) is 0.241. The molecule has 0 spiro atoms. The minimum atomic E-state index is -0.652. The van der Waals surface area contributed by atoms with Crippen molar-refractivity contribution in [2.75, 3.05) is 38.1 Å². The molecule has 0 radical (unpaired) electrons. The highest BCUT2D eigenvalue weighted by Crippen LogP contribution is 2.35. The molecule has 1 atom stereocenters. The number of nitrogen functional groups attached to an aromatic ring is 1. The van der Waals surface area contributed by atoms with Gasteiger partial charge in [0.25, 0.3) is 0 Å². The number of nitrogens with zero attached hydrogens (tertiary/aromatic N) is 1. The van der Waals surface area contributed by atoms with E-state index in [0.29, 0.717) is 28.4 Å². The Balaban J connectivity index is 1.30. The molecule has 4 aromatic rings. The van der Waals surface area contributed by atoms with Crippen LogP contribution >= 0.6 is 11.3 Å². The lowest BCUT2D eigenvalue weighted by Crippen LogP contribution is -2.43. The lowest BCUT2D eigenvalue weighted by atomic mass is 10.1. The van der Waals surface area contributed by atoms with Crippen LogP contribution < -0.4 is 21.1 Å². The van der Waals surface area contributed by atoms with E-state index in [1.54, 1.807) is 6.07 Å². The van der Waals surface area contributed by atoms with Crippen molar-refractivity contribution in [3.05, 3.63) is 94.6 Å². The zero-order chi connectivity index (χ0) is 27.2. The number of benzene rings is 3. The van der Waals surface area contributed by atoms with Gasteiger partial charge in [-0.25, -0.2) is 9.18 Å². The number of halogens is 1. The lowest BCUT2D eigenvalue weighted by molar-refractivity contribution is 0.0910. The van der Waals surface area contributed by atoms with Crippen molar-refractivity contribution in [2.45, 2.75) is 12.6 Å². The van der Waals surface area contributed by atoms with Crippen LogP contribution in [0.3, 0.4) is 0 Å². The summed E-state index contributed by atoms with van der Waals surface area (Å²) in [5.41, 5.74) is 7.74. The molecule has 3 aromatic carbocycles. The normalized spacial score (nSPS) is 14.6. The van der Waals surface area contributed by atoms with Crippen LogP contribution in [-0.4, -0.2) is 49.6 Å². The largest absolute Gasteiger partial charge is 0.481 e. The summed E-state index contributed by atoms with van der Waals surface area (Å²) >= 11 is 1.42. The first-order chi connectivity index (χ1) is 19.0. The van der Waals surface area contributed by atoms with Gasteiger partial charge in [0.2, 0.25) is 0 Å². The molecule has 1 unspecified atom stereocenters. The number of nitrogens with two attached hydrogens (primary N) is 1. The third kappa shape index (κ3) is 6.72. The molecule has 10 heteroatoms. The highest BCUT2D eigenvalue weighted by Gasteiger charge is 2.20. The van der Waals surface area contributed by atoms with Crippen LogP contribution in [-0.2, 0) is 11.3 Å². The Morgan fingerprint density at radius 1 is 1.10 bits per heavy atom. The molecule has 5 rings (SSSR count). The van der Waals surface area contributed by atoms with Gasteiger partial charge in [-0.2, -0.15) is 0 Å². The van der Waals surface area contributed by atoms with Crippen LogP contribution in [0.5, 0.6) is 5.75 Å². The summed E-state index contributed by atoms with van der Waals surface area (Å²) in [5, 5.41) is 14.7. The zero-order valence-electron chi connectivity index (χ0n) is 21.3. The summed E-state index contributed by atoms with van der Waals surface area (Å²) in [6, 6.07) is 21.3. The molecular weight excluding hydrogens is 517 g/mol. The SMILES string of the molecule is N=C(N)c1cc2c(OC(COC(=O)Nc3ccc(F)cc3CN3CCNCC3)c3ccccc3)cccc2s1. The van der Waals surface area contributed by atoms with E-state index in [2.05, 4.69) is 15.5 Å². The number of carbonyl (C=O) groups is 1. The number of fused-ring (bicyclic) bond motifs is 1. The van der Waals surface area contributed by atoms with Gasteiger partial charge in [0.1, 0.15) is 24.0 Å². The van der Waals surface area contributed by atoms with E-state index in [1.165, 1.54) is 23.5 Å². The molecule has 1 aliphatic rings. The molecule has 39 heavy (non-hydrogen) atoms. The highest BCUT2D eigenvalue weighted by atomic mass is 32.1. The molecule has 1 saturated heterocycles. The van der Waals surface area contributed by atoms with Gasteiger partial charge in [-0.05, 0) is 47.5 Å². The molecule has 8 nitrogen and oxygen atoms in total. The number of thiophene rings is 1. The summed E-state index contributed by atoms with van der Waals surface area (Å²) < 4.78 is 27.0. The number of hydrogen-bond donors (Lipinski definition) is 4. The first kappa shape index (κ1) is 26.6.